The van der Waals surface area contributed by atoms with Crippen LogP contribution in [-0.4, -0.2) is 30.3 Å². The molecule has 162 valence electrons. The zero-order valence-electron chi connectivity index (χ0n) is 18.8. The van der Waals surface area contributed by atoms with Crippen molar-refractivity contribution in [1.29, 1.82) is 0 Å². The van der Waals surface area contributed by atoms with Crippen molar-refractivity contribution in [3.8, 4) is 5.75 Å². The Balaban J connectivity index is 2.54. The van der Waals surface area contributed by atoms with E-state index in [1.165, 1.54) is 20.3 Å². The van der Waals surface area contributed by atoms with Gasteiger partial charge in [-0.15, -0.1) is 0 Å². The maximum absolute atomic E-state index is 13.1. The number of carbonyl (C=O) groups is 1. The van der Waals surface area contributed by atoms with Gasteiger partial charge in [0.05, 0.1) is 0 Å². The summed E-state index contributed by atoms with van der Waals surface area (Å²) in [5.74, 6) is 0.0966. The van der Waals surface area contributed by atoms with Crippen LogP contribution in [0.25, 0.3) is 6.08 Å². The van der Waals surface area contributed by atoms with Gasteiger partial charge >= 0.3 is 7.60 Å². The summed E-state index contributed by atoms with van der Waals surface area (Å²) in [5, 5.41) is 9.60. The number of rotatable bonds is 7. The van der Waals surface area contributed by atoms with Crippen molar-refractivity contribution < 1.29 is 23.5 Å². The Hall–Kier alpha value is -1.42. The molecule has 6 heteroatoms. The highest BCUT2D eigenvalue weighted by Crippen LogP contribution is 2.60. The summed E-state index contributed by atoms with van der Waals surface area (Å²) in [6, 6.07) is 1.98. The highest BCUT2D eigenvalue weighted by molar-refractivity contribution is 7.56. The van der Waals surface area contributed by atoms with Gasteiger partial charge in [0, 0.05) is 19.8 Å². The van der Waals surface area contributed by atoms with Crippen LogP contribution in [0.15, 0.2) is 12.1 Å². The predicted molar refractivity (Wildman–Crippen MR) is 118 cm³/mol. The van der Waals surface area contributed by atoms with Gasteiger partial charge in [-0.1, -0.05) is 33.8 Å². The molecule has 5 nitrogen and oxygen atoms in total. The van der Waals surface area contributed by atoms with Crippen LogP contribution in [-0.2, 0) is 36.7 Å². The molecule has 0 fully saturated rings. The van der Waals surface area contributed by atoms with Gasteiger partial charge in [-0.3, -0.25) is 9.36 Å². The molecule has 0 spiro atoms. The second kappa shape index (κ2) is 8.75. The third-order valence-electron chi connectivity index (χ3n) is 6.18. The van der Waals surface area contributed by atoms with E-state index in [2.05, 4.69) is 20.8 Å². The predicted octanol–water partition coefficient (Wildman–Crippen LogP) is 5.81. The van der Waals surface area contributed by atoms with Crippen molar-refractivity contribution in [3.05, 3.63) is 34.4 Å². The van der Waals surface area contributed by atoms with Gasteiger partial charge < -0.3 is 14.2 Å². The maximum Gasteiger partial charge on any atom is 0.343 e. The van der Waals surface area contributed by atoms with E-state index in [0.717, 1.165) is 47.9 Å². The number of phenolic OH excluding ortho intramolecular Hbond substituents is 1. The Bertz CT molecular complexity index is 842. The molecule has 1 aromatic rings. The highest BCUT2D eigenvalue weighted by atomic mass is 31.2. The zero-order chi connectivity index (χ0) is 22.0. The van der Waals surface area contributed by atoms with Crippen molar-refractivity contribution in [2.24, 2.45) is 0 Å². The fourth-order valence-corrected chi connectivity index (χ4v) is 5.69. The monoisotopic (exact) mass is 422 g/mol. The molecule has 2 rings (SSSR count). The van der Waals surface area contributed by atoms with E-state index in [4.69, 9.17) is 9.05 Å². The van der Waals surface area contributed by atoms with Crippen LogP contribution < -0.4 is 0 Å². The van der Waals surface area contributed by atoms with Gasteiger partial charge in [-0.05, 0) is 73.3 Å². The number of carbonyl (C=O) groups excluding carboxylic acids is 1. The van der Waals surface area contributed by atoms with E-state index >= 15 is 0 Å². The van der Waals surface area contributed by atoms with Crippen molar-refractivity contribution in [1.82, 2.24) is 0 Å². The van der Waals surface area contributed by atoms with Crippen molar-refractivity contribution in [3.63, 3.8) is 0 Å². The van der Waals surface area contributed by atoms with Crippen LogP contribution >= 0.6 is 7.60 Å². The molecule has 0 bridgehead atoms. The van der Waals surface area contributed by atoms with Crippen molar-refractivity contribution >= 4 is 19.5 Å². The molecule has 1 N–H and O–H groups in total. The number of ketones is 1. The number of aromatic hydroxyl groups is 1. The summed E-state index contributed by atoms with van der Waals surface area (Å²) < 4.78 is 23.3. The molecular weight excluding hydrogens is 387 g/mol. The summed E-state index contributed by atoms with van der Waals surface area (Å²) >= 11 is 0. The second-order valence-corrected chi connectivity index (χ2v) is 11.7. The third kappa shape index (κ3) is 4.38. The topological polar surface area (TPSA) is 72.8 Å². The van der Waals surface area contributed by atoms with Crippen LogP contribution in [0.2, 0.25) is 0 Å². The van der Waals surface area contributed by atoms with Crippen LogP contribution in [0, 0.1) is 0 Å². The standard InChI is InChI=1S/C23H35O5P/c1-8-23(5,29(26,27-6)28-7)20(24)14-13-16-15-19(22(2,3)4)21(25)18-12-10-9-11-17(16)18/h13-15,25H,8-12H2,1-7H3/b14-13+. The summed E-state index contributed by atoms with van der Waals surface area (Å²) in [6.45, 7) is 9.63. The maximum atomic E-state index is 13.1. The molecule has 0 saturated heterocycles. The number of phenols is 1. The minimum atomic E-state index is -3.59. The quantitative estimate of drug-likeness (QED) is 0.444. The van der Waals surface area contributed by atoms with Gasteiger partial charge in [0.25, 0.3) is 0 Å². The molecule has 0 aliphatic heterocycles. The van der Waals surface area contributed by atoms with Gasteiger partial charge in [-0.25, -0.2) is 0 Å². The molecule has 1 unspecified atom stereocenters. The number of hydrogen-bond acceptors (Lipinski definition) is 5. The van der Waals surface area contributed by atoms with E-state index < -0.39 is 12.8 Å². The van der Waals surface area contributed by atoms with Crippen LogP contribution in [0.1, 0.15) is 76.1 Å². The third-order valence-corrected chi connectivity index (χ3v) is 8.89. The number of benzene rings is 1. The first kappa shape index (κ1) is 23.9. The van der Waals surface area contributed by atoms with Crippen molar-refractivity contribution in [2.45, 2.75) is 77.3 Å². The molecule has 0 amide bonds. The molecule has 1 atom stereocenters. The average Bonchev–Trinajstić information content (AvgIpc) is 2.70. The first-order chi connectivity index (χ1) is 13.4. The molecule has 0 aromatic heterocycles. The number of hydrogen-bond donors (Lipinski definition) is 1. The van der Waals surface area contributed by atoms with Gasteiger partial charge in [0.15, 0.2) is 5.78 Å². The van der Waals surface area contributed by atoms with Gasteiger partial charge in [-0.2, -0.15) is 0 Å². The van der Waals surface area contributed by atoms with Gasteiger partial charge in [0.1, 0.15) is 10.9 Å². The van der Waals surface area contributed by atoms with Crippen LogP contribution in [0.5, 0.6) is 5.75 Å². The first-order valence-corrected chi connectivity index (χ1v) is 11.8. The second-order valence-electron chi connectivity index (χ2n) is 8.96. The fraction of sp³-hybridized carbons (Fsp3) is 0.609. The van der Waals surface area contributed by atoms with Gasteiger partial charge in [0.2, 0.25) is 0 Å². The summed E-state index contributed by atoms with van der Waals surface area (Å²) in [7, 11) is -0.975. The molecule has 1 aliphatic rings. The number of fused-ring (bicyclic) bond motifs is 1. The van der Waals surface area contributed by atoms with E-state index in [1.807, 2.05) is 6.07 Å². The van der Waals surface area contributed by atoms with E-state index in [1.54, 1.807) is 19.9 Å². The molecule has 0 radical (unpaired) electrons. The lowest BCUT2D eigenvalue weighted by molar-refractivity contribution is -0.117. The Morgan fingerprint density at radius 1 is 1.14 bits per heavy atom. The fourth-order valence-electron chi connectivity index (χ4n) is 4.00. The first-order valence-electron chi connectivity index (χ1n) is 10.3. The largest absolute Gasteiger partial charge is 0.507 e. The summed E-state index contributed by atoms with van der Waals surface area (Å²) in [4.78, 5) is 13.1. The minimum absolute atomic E-state index is 0.219. The molecule has 29 heavy (non-hydrogen) atoms. The van der Waals surface area contributed by atoms with Crippen molar-refractivity contribution in [2.75, 3.05) is 14.2 Å². The Morgan fingerprint density at radius 2 is 1.69 bits per heavy atom. The average molecular weight is 423 g/mol. The molecule has 0 saturated carbocycles. The van der Waals surface area contributed by atoms with E-state index in [0.29, 0.717) is 12.2 Å². The Morgan fingerprint density at radius 3 is 2.17 bits per heavy atom. The number of allylic oxidation sites excluding steroid dienone is 1. The summed E-state index contributed by atoms with van der Waals surface area (Å²) in [6.07, 6.45) is 7.44. The lowest BCUT2D eigenvalue weighted by Crippen LogP contribution is -2.34. The smallest absolute Gasteiger partial charge is 0.343 e. The SMILES string of the molecule is CCC(C)(C(=O)/C=C/c1cc(C(C)(C)C)c(O)c2c1CCCC2)P(=O)(OC)OC. The van der Waals surface area contributed by atoms with Crippen LogP contribution in [0.3, 0.4) is 0 Å². The normalized spacial score (nSPS) is 17.2. The van der Waals surface area contributed by atoms with E-state index in [9.17, 15) is 14.5 Å². The molecular formula is C23H35O5P. The lowest BCUT2D eigenvalue weighted by Gasteiger charge is -2.31. The molecule has 1 aliphatic carbocycles. The van der Waals surface area contributed by atoms with E-state index in [-0.39, 0.29) is 11.2 Å². The minimum Gasteiger partial charge on any atom is -0.507 e. The molecule has 0 heterocycles. The summed E-state index contributed by atoms with van der Waals surface area (Å²) in [5.41, 5.74) is 3.70. The van der Waals surface area contributed by atoms with Crippen LogP contribution in [0.4, 0.5) is 0 Å². The molecule has 1 aromatic carbocycles. The zero-order valence-corrected chi connectivity index (χ0v) is 19.7. The Kier molecular flexibility index (Phi) is 7.20. The Labute approximate surface area is 175 Å². The lowest BCUT2D eigenvalue weighted by atomic mass is 9.78. The highest BCUT2D eigenvalue weighted by Gasteiger charge is 2.49.